The summed E-state index contributed by atoms with van der Waals surface area (Å²) in [6, 6.07) is 0. The summed E-state index contributed by atoms with van der Waals surface area (Å²) in [5.41, 5.74) is -0.0118. The van der Waals surface area contributed by atoms with Crippen molar-refractivity contribution in [1.82, 2.24) is 0 Å². The SMILES string of the molecule is CC(C)(C)CC(F)CO. The molecule has 0 spiro atoms. The fraction of sp³-hybridized carbons (Fsp3) is 1.00. The van der Waals surface area contributed by atoms with Gasteiger partial charge in [0.25, 0.3) is 0 Å². The van der Waals surface area contributed by atoms with Crippen molar-refractivity contribution in [1.29, 1.82) is 0 Å². The molecule has 9 heavy (non-hydrogen) atoms. The molecule has 1 atom stereocenters. The van der Waals surface area contributed by atoms with Gasteiger partial charge in [-0.1, -0.05) is 20.8 Å². The molecular weight excluding hydrogens is 119 g/mol. The van der Waals surface area contributed by atoms with Crippen LogP contribution in [0.2, 0.25) is 0 Å². The molecule has 1 unspecified atom stereocenters. The molecule has 0 heterocycles. The van der Waals surface area contributed by atoms with Crippen molar-refractivity contribution >= 4 is 0 Å². The second kappa shape index (κ2) is 3.16. The first-order valence-electron chi connectivity index (χ1n) is 3.20. The highest BCUT2D eigenvalue weighted by atomic mass is 19.1. The minimum atomic E-state index is -1.05. The van der Waals surface area contributed by atoms with Gasteiger partial charge < -0.3 is 5.11 Å². The fourth-order valence-corrected chi connectivity index (χ4v) is 0.729. The first-order chi connectivity index (χ1) is 3.95. The molecule has 1 N–H and O–H groups in total. The zero-order chi connectivity index (χ0) is 7.49. The molecule has 0 saturated heterocycles. The van der Waals surface area contributed by atoms with E-state index < -0.39 is 6.17 Å². The summed E-state index contributed by atoms with van der Waals surface area (Å²) < 4.78 is 12.4. The summed E-state index contributed by atoms with van der Waals surface area (Å²) in [6.07, 6.45) is -0.617. The summed E-state index contributed by atoms with van der Waals surface area (Å²) in [7, 11) is 0. The summed E-state index contributed by atoms with van der Waals surface area (Å²) in [4.78, 5) is 0. The lowest BCUT2D eigenvalue weighted by atomic mass is 9.90. The third-order valence-corrected chi connectivity index (χ3v) is 1.03. The first kappa shape index (κ1) is 8.89. The number of hydrogen-bond donors (Lipinski definition) is 1. The molecule has 0 amide bonds. The van der Waals surface area contributed by atoms with Crippen LogP contribution >= 0.6 is 0 Å². The zero-order valence-corrected chi connectivity index (χ0v) is 6.32. The van der Waals surface area contributed by atoms with E-state index in [1.807, 2.05) is 20.8 Å². The van der Waals surface area contributed by atoms with Crippen LogP contribution in [-0.4, -0.2) is 17.9 Å². The Morgan fingerprint density at radius 3 is 2.00 bits per heavy atom. The minimum absolute atomic E-state index is 0.0118. The first-order valence-corrected chi connectivity index (χ1v) is 3.20. The maximum Gasteiger partial charge on any atom is 0.124 e. The Morgan fingerprint density at radius 2 is 1.89 bits per heavy atom. The van der Waals surface area contributed by atoms with Crippen molar-refractivity contribution < 1.29 is 9.50 Å². The van der Waals surface area contributed by atoms with Crippen molar-refractivity contribution in [2.45, 2.75) is 33.4 Å². The van der Waals surface area contributed by atoms with Gasteiger partial charge in [-0.25, -0.2) is 4.39 Å². The largest absolute Gasteiger partial charge is 0.393 e. The molecule has 0 aromatic carbocycles. The van der Waals surface area contributed by atoms with Gasteiger partial charge in [-0.3, -0.25) is 0 Å². The highest BCUT2D eigenvalue weighted by molar-refractivity contribution is 4.66. The molecule has 1 nitrogen and oxygen atoms in total. The van der Waals surface area contributed by atoms with Gasteiger partial charge in [0.2, 0.25) is 0 Å². The topological polar surface area (TPSA) is 20.2 Å². The fourth-order valence-electron chi connectivity index (χ4n) is 0.729. The molecule has 0 aliphatic heterocycles. The number of rotatable bonds is 2. The van der Waals surface area contributed by atoms with Gasteiger partial charge in [-0.05, 0) is 11.8 Å². The third kappa shape index (κ3) is 5.77. The normalized spacial score (nSPS) is 15.7. The smallest absolute Gasteiger partial charge is 0.124 e. The second-order valence-electron chi connectivity index (χ2n) is 3.54. The Hall–Kier alpha value is -0.110. The summed E-state index contributed by atoms with van der Waals surface area (Å²) in [5, 5.41) is 8.32. The van der Waals surface area contributed by atoms with E-state index in [0.717, 1.165) is 0 Å². The number of halogens is 1. The average molecular weight is 134 g/mol. The summed E-state index contributed by atoms with van der Waals surface area (Å²) in [5.74, 6) is 0. The van der Waals surface area contributed by atoms with Crippen molar-refractivity contribution in [3.8, 4) is 0 Å². The van der Waals surface area contributed by atoms with E-state index in [2.05, 4.69) is 0 Å². The molecule has 0 aromatic rings. The van der Waals surface area contributed by atoms with E-state index in [4.69, 9.17) is 5.11 Å². The van der Waals surface area contributed by atoms with Crippen LogP contribution in [0, 0.1) is 5.41 Å². The Morgan fingerprint density at radius 1 is 1.44 bits per heavy atom. The van der Waals surface area contributed by atoms with Gasteiger partial charge in [0.1, 0.15) is 6.17 Å². The molecular formula is C7H15FO. The van der Waals surface area contributed by atoms with Gasteiger partial charge in [0, 0.05) is 0 Å². The van der Waals surface area contributed by atoms with Crippen LogP contribution in [0.15, 0.2) is 0 Å². The van der Waals surface area contributed by atoms with Crippen LogP contribution < -0.4 is 0 Å². The van der Waals surface area contributed by atoms with E-state index in [1.165, 1.54) is 0 Å². The average Bonchev–Trinajstić information content (AvgIpc) is 1.62. The van der Waals surface area contributed by atoms with Gasteiger partial charge in [0.15, 0.2) is 0 Å². The predicted molar refractivity (Wildman–Crippen MR) is 36.1 cm³/mol. The lowest BCUT2D eigenvalue weighted by Crippen LogP contribution is -2.16. The maximum absolute atomic E-state index is 12.4. The Balaban J connectivity index is 3.47. The van der Waals surface area contributed by atoms with Crippen LogP contribution in [0.3, 0.4) is 0 Å². The van der Waals surface area contributed by atoms with Crippen molar-refractivity contribution in [2.24, 2.45) is 5.41 Å². The van der Waals surface area contributed by atoms with E-state index >= 15 is 0 Å². The quantitative estimate of drug-likeness (QED) is 0.610. The molecule has 0 aliphatic carbocycles. The molecule has 0 bridgehead atoms. The molecule has 0 aliphatic rings. The van der Waals surface area contributed by atoms with E-state index in [1.54, 1.807) is 0 Å². The third-order valence-electron chi connectivity index (χ3n) is 1.03. The standard InChI is InChI=1S/C7H15FO/c1-7(2,3)4-6(8)5-9/h6,9H,4-5H2,1-3H3. The van der Waals surface area contributed by atoms with Crippen LogP contribution in [0.5, 0.6) is 0 Å². The van der Waals surface area contributed by atoms with E-state index in [-0.39, 0.29) is 12.0 Å². The number of hydrogen-bond acceptors (Lipinski definition) is 1. The van der Waals surface area contributed by atoms with Gasteiger partial charge in [-0.2, -0.15) is 0 Å². The lowest BCUT2D eigenvalue weighted by molar-refractivity contribution is 0.135. The Kier molecular flexibility index (Phi) is 3.12. The van der Waals surface area contributed by atoms with Crippen molar-refractivity contribution in [3.63, 3.8) is 0 Å². The van der Waals surface area contributed by atoms with Crippen molar-refractivity contribution in [2.75, 3.05) is 6.61 Å². The van der Waals surface area contributed by atoms with Gasteiger partial charge in [0.05, 0.1) is 6.61 Å². The van der Waals surface area contributed by atoms with E-state index in [9.17, 15) is 4.39 Å². The monoisotopic (exact) mass is 134 g/mol. The molecule has 0 rings (SSSR count). The molecule has 0 radical (unpaired) electrons. The van der Waals surface area contributed by atoms with Gasteiger partial charge >= 0.3 is 0 Å². The number of aliphatic hydroxyl groups excluding tert-OH is 1. The van der Waals surface area contributed by atoms with Crippen LogP contribution in [-0.2, 0) is 0 Å². The molecule has 56 valence electrons. The molecule has 2 heteroatoms. The molecule has 0 fully saturated rings. The molecule has 0 saturated carbocycles. The Labute approximate surface area is 55.9 Å². The van der Waals surface area contributed by atoms with Crippen LogP contribution in [0.25, 0.3) is 0 Å². The van der Waals surface area contributed by atoms with Gasteiger partial charge in [-0.15, -0.1) is 0 Å². The highest BCUT2D eigenvalue weighted by Gasteiger charge is 2.16. The predicted octanol–water partition coefficient (Wildman–Crippen LogP) is 1.75. The second-order valence-corrected chi connectivity index (χ2v) is 3.54. The lowest BCUT2D eigenvalue weighted by Gasteiger charge is -2.19. The highest BCUT2D eigenvalue weighted by Crippen LogP contribution is 2.21. The maximum atomic E-state index is 12.4. The van der Waals surface area contributed by atoms with Crippen LogP contribution in [0.4, 0.5) is 4.39 Å². The minimum Gasteiger partial charge on any atom is -0.393 e. The number of aliphatic hydroxyl groups is 1. The van der Waals surface area contributed by atoms with Crippen LogP contribution in [0.1, 0.15) is 27.2 Å². The summed E-state index contributed by atoms with van der Waals surface area (Å²) >= 11 is 0. The zero-order valence-electron chi connectivity index (χ0n) is 6.32. The van der Waals surface area contributed by atoms with E-state index in [0.29, 0.717) is 6.42 Å². The Bertz CT molecular complexity index is 75.5. The number of alkyl halides is 1. The molecule has 0 aromatic heterocycles. The summed E-state index contributed by atoms with van der Waals surface area (Å²) in [6.45, 7) is 5.51. The van der Waals surface area contributed by atoms with Crippen molar-refractivity contribution in [3.05, 3.63) is 0 Å².